The Hall–Kier alpha value is -0.810. The van der Waals surface area contributed by atoms with Crippen molar-refractivity contribution in [3.8, 4) is 0 Å². The quantitative estimate of drug-likeness (QED) is 0.696. The van der Waals surface area contributed by atoms with Gasteiger partial charge < -0.3 is 20.1 Å². The minimum atomic E-state index is 0.116. The molecule has 1 rings (SSSR count). The summed E-state index contributed by atoms with van der Waals surface area (Å²) in [6.45, 7) is 8.17. The van der Waals surface area contributed by atoms with Crippen LogP contribution in [0.25, 0.3) is 0 Å². The Balaban J connectivity index is 2.85. The highest BCUT2D eigenvalue weighted by Gasteiger charge is 2.11. The number of hydrogen-bond acceptors (Lipinski definition) is 4. The topological polar surface area (TPSA) is 44.7 Å². The molecule has 0 aliphatic carbocycles. The van der Waals surface area contributed by atoms with E-state index in [0.29, 0.717) is 19.1 Å². The fourth-order valence-electron chi connectivity index (χ4n) is 2.17. The van der Waals surface area contributed by atoms with E-state index in [1.165, 1.54) is 0 Å². The molecule has 0 fully saturated rings. The van der Waals surface area contributed by atoms with Gasteiger partial charge in [0, 0.05) is 37.5 Å². The zero-order valence-electron chi connectivity index (χ0n) is 13.2. The molecule has 0 heterocycles. The van der Waals surface area contributed by atoms with Crippen LogP contribution in [0.15, 0.2) is 18.2 Å². The molecule has 4 nitrogen and oxygen atoms in total. The van der Waals surface area contributed by atoms with E-state index in [9.17, 15) is 5.11 Å². The smallest absolute Gasteiger partial charge is 0.0637 e. The summed E-state index contributed by atoms with van der Waals surface area (Å²) in [6, 6.07) is 5.89. The van der Waals surface area contributed by atoms with Crippen molar-refractivity contribution in [1.82, 2.24) is 5.32 Å². The lowest BCUT2D eigenvalue weighted by Gasteiger charge is -2.26. The molecule has 21 heavy (non-hydrogen) atoms. The van der Waals surface area contributed by atoms with Gasteiger partial charge in [-0.3, -0.25) is 0 Å². The molecule has 0 bridgehead atoms. The average Bonchev–Trinajstić information content (AvgIpc) is 2.43. The summed E-state index contributed by atoms with van der Waals surface area (Å²) < 4.78 is 5.15. The molecule has 0 aromatic heterocycles. The Labute approximate surface area is 133 Å². The minimum Gasteiger partial charge on any atom is -0.395 e. The molecule has 0 amide bonds. The predicted molar refractivity (Wildman–Crippen MR) is 89.2 cm³/mol. The largest absolute Gasteiger partial charge is 0.395 e. The molecule has 0 aliphatic rings. The standard InChI is InChI=1S/C16H27ClN2O2/c1-13(2)11-18-12-14-10-15(17)4-5-16(14)19(6-8-20)7-9-21-3/h4-5,10,13,18,20H,6-9,11-12H2,1-3H3. The zero-order chi connectivity index (χ0) is 15.7. The maximum Gasteiger partial charge on any atom is 0.0637 e. The van der Waals surface area contributed by atoms with Gasteiger partial charge in [-0.05, 0) is 36.2 Å². The molecule has 5 heteroatoms. The molecule has 0 radical (unpaired) electrons. The summed E-state index contributed by atoms with van der Waals surface area (Å²) >= 11 is 6.12. The molecule has 0 spiro atoms. The lowest BCUT2D eigenvalue weighted by Crippen LogP contribution is -2.31. The van der Waals surface area contributed by atoms with Crippen molar-refractivity contribution in [3.05, 3.63) is 28.8 Å². The molecular formula is C16H27ClN2O2. The maximum atomic E-state index is 9.27. The normalized spacial score (nSPS) is 11.1. The third kappa shape index (κ3) is 6.66. The van der Waals surface area contributed by atoms with Crippen LogP contribution in [0.1, 0.15) is 19.4 Å². The monoisotopic (exact) mass is 314 g/mol. The van der Waals surface area contributed by atoms with Crippen LogP contribution in [0.5, 0.6) is 0 Å². The van der Waals surface area contributed by atoms with Crippen molar-refractivity contribution < 1.29 is 9.84 Å². The number of anilines is 1. The summed E-state index contributed by atoms with van der Waals surface area (Å²) in [5.74, 6) is 0.606. The Kier molecular flexibility index (Phi) is 8.69. The van der Waals surface area contributed by atoms with E-state index in [4.69, 9.17) is 16.3 Å². The summed E-state index contributed by atoms with van der Waals surface area (Å²) in [5.41, 5.74) is 2.24. The van der Waals surface area contributed by atoms with Gasteiger partial charge in [0.15, 0.2) is 0 Å². The van der Waals surface area contributed by atoms with Crippen LogP contribution in [0.3, 0.4) is 0 Å². The van der Waals surface area contributed by atoms with Gasteiger partial charge in [-0.15, -0.1) is 0 Å². The van der Waals surface area contributed by atoms with Crippen molar-refractivity contribution in [1.29, 1.82) is 0 Å². The van der Waals surface area contributed by atoms with E-state index in [-0.39, 0.29) is 6.61 Å². The zero-order valence-corrected chi connectivity index (χ0v) is 14.0. The highest BCUT2D eigenvalue weighted by atomic mass is 35.5. The molecule has 1 aromatic rings. The van der Waals surface area contributed by atoms with Gasteiger partial charge in [0.25, 0.3) is 0 Å². The first-order valence-corrected chi connectivity index (χ1v) is 7.80. The number of halogens is 1. The lowest BCUT2D eigenvalue weighted by atomic mass is 10.1. The van der Waals surface area contributed by atoms with Gasteiger partial charge in [0.1, 0.15) is 0 Å². The number of nitrogens with one attached hydrogen (secondary N) is 1. The van der Waals surface area contributed by atoms with Crippen LogP contribution < -0.4 is 10.2 Å². The summed E-state index contributed by atoms with van der Waals surface area (Å²) in [5, 5.41) is 13.4. The highest BCUT2D eigenvalue weighted by Crippen LogP contribution is 2.24. The molecule has 0 atom stereocenters. The second kappa shape index (κ2) is 10.0. The molecule has 1 aromatic carbocycles. The van der Waals surface area contributed by atoms with Gasteiger partial charge >= 0.3 is 0 Å². The van der Waals surface area contributed by atoms with Crippen LogP contribution in [-0.4, -0.2) is 45.1 Å². The fraction of sp³-hybridized carbons (Fsp3) is 0.625. The molecule has 0 saturated carbocycles. The number of methoxy groups -OCH3 is 1. The van der Waals surface area contributed by atoms with E-state index >= 15 is 0 Å². The van der Waals surface area contributed by atoms with Crippen molar-refractivity contribution in [2.45, 2.75) is 20.4 Å². The number of aliphatic hydroxyl groups is 1. The van der Waals surface area contributed by atoms with Crippen molar-refractivity contribution in [2.24, 2.45) is 5.92 Å². The summed E-state index contributed by atoms with van der Waals surface area (Å²) in [4.78, 5) is 2.13. The van der Waals surface area contributed by atoms with E-state index in [1.54, 1.807) is 7.11 Å². The van der Waals surface area contributed by atoms with E-state index in [2.05, 4.69) is 24.1 Å². The SMILES string of the molecule is COCCN(CCO)c1ccc(Cl)cc1CNCC(C)C. The van der Waals surface area contributed by atoms with Crippen LogP contribution in [0.4, 0.5) is 5.69 Å². The Morgan fingerprint density at radius 3 is 2.71 bits per heavy atom. The number of rotatable bonds is 10. The van der Waals surface area contributed by atoms with Crippen LogP contribution >= 0.6 is 11.6 Å². The van der Waals surface area contributed by atoms with Crippen molar-refractivity contribution >= 4 is 17.3 Å². The average molecular weight is 315 g/mol. The van der Waals surface area contributed by atoms with E-state index < -0.39 is 0 Å². The number of hydrogen-bond donors (Lipinski definition) is 2. The van der Waals surface area contributed by atoms with Crippen LogP contribution in [0, 0.1) is 5.92 Å². The second-order valence-electron chi connectivity index (χ2n) is 5.50. The van der Waals surface area contributed by atoms with Gasteiger partial charge in [-0.2, -0.15) is 0 Å². The Morgan fingerprint density at radius 2 is 2.10 bits per heavy atom. The lowest BCUT2D eigenvalue weighted by molar-refractivity contribution is 0.203. The maximum absolute atomic E-state index is 9.27. The molecular weight excluding hydrogens is 288 g/mol. The summed E-state index contributed by atoms with van der Waals surface area (Å²) in [7, 11) is 1.68. The number of nitrogens with zero attached hydrogens (tertiary/aromatic N) is 1. The molecule has 0 unspecified atom stereocenters. The highest BCUT2D eigenvalue weighted by molar-refractivity contribution is 6.30. The molecule has 0 saturated heterocycles. The van der Waals surface area contributed by atoms with Gasteiger partial charge in [0.05, 0.1) is 13.2 Å². The number of benzene rings is 1. The Bertz CT molecular complexity index is 413. The van der Waals surface area contributed by atoms with Crippen molar-refractivity contribution in [3.63, 3.8) is 0 Å². The number of ether oxygens (including phenoxy) is 1. The van der Waals surface area contributed by atoms with E-state index in [1.807, 2.05) is 18.2 Å². The van der Waals surface area contributed by atoms with Gasteiger partial charge in [0.2, 0.25) is 0 Å². The first kappa shape index (κ1) is 18.2. The van der Waals surface area contributed by atoms with Gasteiger partial charge in [-0.1, -0.05) is 25.4 Å². The first-order chi connectivity index (χ1) is 10.1. The van der Waals surface area contributed by atoms with Gasteiger partial charge in [-0.25, -0.2) is 0 Å². The molecule has 120 valence electrons. The Morgan fingerprint density at radius 1 is 1.33 bits per heavy atom. The second-order valence-corrected chi connectivity index (χ2v) is 5.94. The minimum absolute atomic E-state index is 0.116. The fourth-order valence-corrected chi connectivity index (χ4v) is 2.37. The van der Waals surface area contributed by atoms with Crippen LogP contribution in [-0.2, 0) is 11.3 Å². The third-order valence-electron chi connectivity index (χ3n) is 3.19. The predicted octanol–water partition coefficient (Wildman–Crippen LogP) is 2.53. The third-order valence-corrected chi connectivity index (χ3v) is 3.42. The van der Waals surface area contributed by atoms with Crippen molar-refractivity contribution in [2.75, 3.05) is 44.9 Å². The summed E-state index contributed by atoms with van der Waals surface area (Å²) in [6.07, 6.45) is 0. The first-order valence-electron chi connectivity index (χ1n) is 7.42. The molecule has 2 N–H and O–H groups in total. The number of aliphatic hydroxyl groups excluding tert-OH is 1. The van der Waals surface area contributed by atoms with E-state index in [0.717, 1.165) is 35.9 Å². The van der Waals surface area contributed by atoms with Crippen LogP contribution in [0.2, 0.25) is 5.02 Å². The molecule has 0 aliphatic heterocycles.